The third kappa shape index (κ3) is 7.73. The molecule has 2 aliphatic heterocycles. The van der Waals surface area contributed by atoms with E-state index in [9.17, 15) is 27.6 Å². The Morgan fingerprint density at radius 3 is 2.65 bits per heavy atom. The van der Waals surface area contributed by atoms with Gasteiger partial charge in [-0.2, -0.15) is 0 Å². The third-order valence-corrected chi connectivity index (χ3v) is 8.14. The molecule has 1 fully saturated rings. The van der Waals surface area contributed by atoms with Crippen LogP contribution < -0.4 is 31.1 Å². The first-order chi connectivity index (χ1) is 20.3. The molecule has 2 aromatic carbocycles. The lowest BCUT2D eigenvalue weighted by Crippen LogP contribution is -2.55. The van der Waals surface area contributed by atoms with Gasteiger partial charge in [-0.1, -0.05) is 23.7 Å². The van der Waals surface area contributed by atoms with Crippen molar-refractivity contribution in [3.8, 4) is 5.75 Å². The molecule has 0 aromatic heterocycles. The average Bonchev–Trinajstić information content (AvgIpc) is 3.41. The molecule has 4 rings (SSSR count). The number of rotatable bonds is 10. The predicted octanol–water partition coefficient (Wildman–Crippen LogP) is 2.28. The molecule has 6 N–H and O–H groups in total. The number of carbonyl (C=O) groups is 4. The van der Waals surface area contributed by atoms with Gasteiger partial charge in [0.25, 0.3) is 11.6 Å². The largest absolute Gasteiger partial charge is 0.466 e. The number of benzene rings is 2. The van der Waals surface area contributed by atoms with Crippen LogP contribution in [-0.4, -0.2) is 57.3 Å². The fourth-order valence-electron chi connectivity index (χ4n) is 4.66. The predicted molar refractivity (Wildman–Crippen MR) is 154 cm³/mol. The van der Waals surface area contributed by atoms with Gasteiger partial charge in [0.1, 0.15) is 16.8 Å². The van der Waals surface area contributed by atoms with Gasteiger partial charge in [0.05, 0.1) is 22.9 Å². The topological polar surface area (TPSA) is 204 Å². The minimum atomic E-state index is -4.15. The van der Waals surface area contributed by atoms with E-state index in [1.807, 2.05) is 0 Å². The van der Waals surface area contributed by atoms with E-state index >= 15 is 0 Å². The monoisotopic (exact) mass is 637 g/mol. The number of hydrogen-bond acceptors (Lipinski definition) is 11. The molecule has 2 amide bonds. The van der Waals surface area contributed by atoms with Crippen molar-refractivity contribution in [2.24, 2.45) is 5.14 Å². The number of primary sulfonamides is 1. The molecule has 1 saturated heterocycles. The zero-order valence-corrected chi connectivity index (χ0v) is 25.0. The van der Waals surface area contributed by atoms with Crippen LogP contribution >= 0.6 is 11.6 Å². The minimum Gasteiger partial charge on any atom is -0.466 e. The van der Waals surface area contributed by atoms with Crippen molar-refractivity contribution in [2.75, 3.05) is 18.5 Å². The quantitative estimate of drug-likeness (QED) is 0.189. The molecular formula is C27H32ClN5O9S. The molecule has 0 aliphatic carbocycles. The maximum atomic E-state index is 13.1. The summed E-state index contributed by atoms with van der Waals surface area (Å²) in [6, 6.07) is 8.49. The SMILES string of the molecule is CCOC(=O)CCC(C)NC(=O)OC(=O)[C@]1(Oc2cccc(C3NC(=O)c4cc(S(N)(=O)=O)c(Cl)cc4N3)c2)CCCN1. The molecule has 2 unspecified atom stereocenters. The molecule has 2 aliphatic rings. The molecule has 16 heteroatoms. The van der Waals surface area contributed by atoms with E-state index in [0.29, 0.717) is 24.9 Å². The molecule has 14 nitrogen and oxygen atoms in total. The summed E-state index contributed by atoms with van der Waals surface area (Å²) >= 11 is 6.11. The number of nitrogens with one attached hydrogen (secondary N) is 4. The van der Waals surface area contributed by atoms with Gasteiger partial charge in [-0.3, -0.25) is 14.9 Å². The summed E-state index contributed by atoms with van der Waals surface area (Å²) in [7, 11) is -4.15. The van der Waals surface area contributed by atoms with Gasteiger partial charge < -0.3 is 30.2 Å². The van der Waals surface area contributed by atoms with Crippen molar-refractivity contribution < 1.29 is 41.8 Å². The highest BCUT2D eigenvalue weighted by atomic mass is 35.5. The highest BCUT2D eigenvalue weighted by Gasteiger charge is 2.46. The number of ether oxygens (including phenoxy) is 3. The van der Waals surface area contributed by atoms with E-state index in [4.69, 9.17) is 31.0 Å². The Hall–Kier alpha value is -3.92. The van der Waals surface area contributed by atoms with Gasteiger partial charge in [0, 0.05) is 18.9 Å². The normalized spacial score (nSPS) is 20.2. The first-order valence-electron chi connectivity index (χ1n) is 13.5. The first-order valence-corrected chi connectivity index (χ1v) is 15.4. The molecule has 0 spiro atoms. The number of hydrogen-bond donors (Lipinski definition) is 5. The second-order valence-electron chi connectivity index (χ2n) is 10.0. The number of nitrogens with two attached hydrogens (primary N) is 1. The second-order valence-corrected chi connectivity index (χ2v) is 12.0. The molecule has 0 bridgehead atoms. The van der Waals surface area contributed by atoms with Gasteiger partial charge in [-0.15, -0.1) is 0 Å². The Bertz CT molecular complexity index is 1530. The number of sulfonamides is 1. The van der Waals surface area contributed by atoms with Crippen LogP contribution in [0, 0.1) is 0 Å². The summed E-state index contributed by atoms with van der Waals surface area (Å²) in [5.74, 6) is -1.65. The van der Waals surface area contributed by atoms with Crippen molar-refractivity contribution in [2.45, 2.75) is 62.4 Å². The van der Waals surface area contributed by atoms with Crippen LogP contribution in [0.1, 0.15) is 61.6 Å². The fraction of sp³-hybridized carbons (Fsp3) is 0.407. The first kappa shape index (κ1) is 32.0. The van der Waals surface area contributed by atoms with Crippen LogP contribution in [-0.2, 0) is 29.1 Å². The lowest BCUT2D eigenvalue weighted by atomic mass is 10.1. The van der Waals surface area contributed by atoms with Crippen molar-refractivity contribution in [1.29, 1.82) is 0 Å². The van der Waals surface area contributed by atoms with E-state index in [2.05, 4.69) is 21.3 Å². The number of amides is 2. The highest BCUT2D eigenvalue weighted by Crippen LogP contribution is 2.34. The molecule has 0 radical (unpaired) electrons. The molecular weight excluding hydrogens is 606 g/mol. The average molecular weight is 638 g/mol. The molecule has 0 saturated carbocycles. The van der Waals surface area contributed by atoms with E-state index in [1.165, 1.54) is 6.07 Å². The van der Waals surface area contributed by atoms with E-state index in [0.717, 1.165) is 6.07 Å². The fourth-order valence-corrected chi connectivity index (χ4v) is 5.76. The van der Waals surface area contributed by atoms with Gasteiger partial charge in [0.15, 0.2) is 0 Å². The maximum absolute atomic E-state index is 13.1. The van der Waals surface area contributed by atoms with Crippen LogP contribution in [0.15, 0.2) is 41.3 Å². The Labute approximate surface area is 253 Å². The summed E-state index contributed by atoms with van der Waals surface area (Å²) in [6.45, 7) is 4.06. The van der Waals surface area contributed by atoms with Crippen LogP contribution in [0.25, 0.3) is 0 Å². The number of carbonyl (C=O) groups excluding carboxylic acids is 4. The zero-order valence-electron chi connectivity index (χ0n) is 23.4. The van der Waals surface area contributed by atoms with E-state index in [1.54, 1.807) is 38.1 Å². The summed E-state index contributed by atoms with van der Waals surface area (Å²) < 4.78 is 39.6. The van der Waals surface area contributed by atoms with Crippen molar-refractivity contribution in [3.05, 3.63) is 52.5 Å². The summed E-state index contributed by atoms with van der Waals surface area (Å²) in [4.78, 5) is 49.6. The maximum Gasteiger partial charge on any atom is 0.415 e. The minimum absolute atomic E-state index is 0.0439. The van der Waals surface area contributed by atoms with Gasteiger partial charge >= 0.3 is 18.0 Å². The van der Waals surface area contributed by atoms with Crippen LogP contribution in [0.3, 0.4) is 0 Å². The van der Waals surface area contributed by atoms with E-state index < -0.39 is 51.9 Å². The number of fused-ring (bicyclic) bond motifs is 1. The zero-order chi connectivity index (χ0) is 31.4. The van der Waals surface area contributed by atoms with Crippen LogP contribution in [0.2, 0.25) is 5.02 Å². The number of alkyl carbamates (subject to hydrolysis) is 1. The highest BCUT2D eigenvalue weighted by molar-refractivity contribution is 7.89. The van der Waals surface area contributed by atoms with E-state index in [-0.39, 0.29) is 46.4 Å². The molecule has 3 atom stereocenters. The Morgan fingerprint density at radius 1 is 1.21 bits per heavy atom. The molecule has 232 valence electrons. The Kier molecular flexibility index (Phi) is 9.79. The molecule has 2 aromatic rings. The summed E-state index contributed by atoms with van der Waals surface area (Å²) in [6.07, 6.45) is -0.557. The molecule has 43 heavy (non-hydrogen) atoms. The third-order valence-electron chi connectivity index (χ3n) is 6.76. The van der Waals surface area contributed by atoms with Crippen LogP contribution in [0.4, 0.5) is 10.5 Å². The van der Waals surface area contributed by atoms with Crippen molar-refractivity contribution in [3.63, 3.8) is 0 Å². The Morgan fingerprint density at radius 2 is 1.98 bits per heavy atom. The van der Waals surface area contributed by atoms with Gasteiger partial charge in [-0.25, -0.2) is 23.1 Å². The smallest absolute Gasteiger partial charge is 0.415 e. The number of anilines is 1. The van der Waals surface area contributed by atoms with Gasteiger partial charge in [-0.05, 0) is 63.1 Å². The Balaban J connectivity index is 1.44. The van der Waals surface area contributed by atoms with Crippen LogP contribution in [0.5, 0.6) is 5.75 Å². The number of esters is 2. The lowest BCUT2D eigenvalue weighted by molar-refractivity contribution is -0.157. The molecule has 2 heterocycles. The standard InChI is InChI=1S/C27H32ClN5O9S/c1-3-40-22(34)9-8-15(2)31-26(37)41-25(36)27(10-5-11-30-27)42-17-7-4-6-16(12-17)23-32-20-14-19(28)21(43(29,38)39)13-18(20)24(35)33-23/h4,6-7,12-15,23,30,32H,3,5,8-11H2,1-2H3,(H,31,37)(H,33,35)(H2,29,38,39)/t15?,23?,27-/m1/s1. The lowest BCUT2D eigenvalue weighted by Gasteiger charge is -2.30. The number of halogens is 1. The van der Waals surface area contributed by atoms with Crippen molar-refractivity contribution in [1.82, 2.24) is 16.0 Å². The second kappa shape index (κ2) is 13.2. The summed E-state index contributed by atoms with van der Waals surface area (Å²) in [5, 5.41) is 16.4. The van der Waals surface area contributed by atoms with Crippen molar-refractivity contribution >= 4 is 51.3 Å². The van der Waals surface area contributed by atoms with Gasteiger partial charge in [0.2, 0.25) is 10.0 Å². The summed E-state index contributed by atoms with van der Waals surface area (Å²) in [5.41, 5.74) is -0.768.